The van der Waals surface area contributed by atoms with Crippen LogP contribution in [0.3, 0.4) is 0 Å². The number of nitrogens with zero attached hydrogens (tertiary/aromatic N) is 2. The predicted octanol–water partition coefficient (Wildman–Crippen LogP) is 1.60. The Morgan fingerprint density at radius 1 is 1.40 bits per heavy atom. The summed E-state index contributed by atoms with van der Waals surface area (Å²) < 4.78 is 43.1. The first-order chi connectivity index (χ1) is 9.27. The first kappa shape index (κ1) is 13.8. The summed E-state index contributed by atoms with van der Waals surface area (Å²) in [4.78, 5) is 25.6. The van der Waals surface area contributed by atoms with Crippen LogP contribution in [0, 0.1) is 0 Å². The monoisotopic (exact) mass is 288 g/mol. The molecule has 0 atom stereocenters. The number of carbonyl (C=O) groups is 1. The van der Waals surface area contributed by atoms with Gasteiger partial charge in [-0.1, -0.05) is 0 Å². The maximum absolute atomic E-state index is 12.5. The highest BCUT2D eigenvalue weighted by Gasteiger charge is 2.31. The fourth-order valence-corrected chi connectivity index (χ4v) is 1.45. The fourth-order valence-electron chi connectivity index (χ4n) is 1.45. The van der Waals surface area contributed by atoms with Gasteiger partial charge in [0.05, 0.1) is 5.56 Å². The summed E-state index contributed by atoms with van der Waals surface area (Å²) in [5, 5.41) is 8.63. The zero-order valence-corrected chi connectivity index (χ0v) is 9.72. The van der Waals surface area contributed by atoms with E-state index in [2.05, 4.69) is 4.98 Å². The molecule has 0 amide bonds. The zero-order valence-electron chi connectivity index (χ0n) is 9.72. The summed E-state index contributed by atoms with van der Waals surface area (Å²) >= 11 is 0. The predicted molar refractivity (Wildman–Crippen MR) is 58.3 cm³/mol. The number of rotatable bonds is 3. The molecule has 20 heavy (non-hydrogen) atoms. The second-order valence-corrected chi connectivity index (χ2v) is 3.81. The Morgan fingerprint density at radius 2 is 2.10 bits per heavy atom. The average Bonchev–Trinajstić information content (AvgIpc) is 2.79. The lowest BCUT2D eigenvalue weighted by atomic mass is 10.3. The van der Waals surface area contributed by atoms with Crippen LogP contribution in [0.15, 0.2) is 33.8 Å². The number of oxazole rings is 1. The summed E-state index contributed by atoms with van der Waals surface area (Å²) in [5.41, 5.74) is -2.07. The summed E-state index contributed by atoms with van der Waals surface area (Å²) in [5.74, 6) is -1.51. The standard InChI is InChI=1S/C11H7F3N2O4/c12-11(13,14)6-1-2-9(17)16(3-6)4-8-15-7(5-20-8)10(18)19/h1-3,5H,4H2,(H,18,19). The third-order valence-electron chi connectivity index (χ3n) is 2.39. The molecule has 2 heterocycles. The van der Waals surface area contributed by atoms with Gasteiger partial charge in [0.15, 0.2) is 5.69 Å². The normalized spacial score (nSPS) is 11.6. The maximum Gasteiger partial charge on any atom is 0.417 e. The van der Waals surface area contributed by atoms with Crippen molar-refractivity contribution in [3.8, 4) is 0 Å². The van der Waals surface area contributed by atoms with Crippen LogP contribution in [0.1, 0.15) is 21.9 Å². The lowest BCUT2D eigenvalue weighted by molar-refractivity contribution is -0.138. The number of hydrogen-bond donors (Lipinski definition) is 1. The van der Waals surface area contributed by atoms with Crippen molar-refractivity contribution in [3.05, 3.63) is 52.1 Å². The molecule has 0 aliphatic heterocycles. The van der Waals surface area contributed by atoms with Gasteiger partial charge < -0.3 is 14.1 Å². The second kappa shape index (κ2) is 4.83. The van der Waals surface area contributed by atoms with Gasteiger partial charge >= 0.3 is 12.1 Å². The molecule has 0 radical (unpaired) electrons. The Bertz CT molecular complexity index is 702. The molecule has 9 heteroatoms. The minimum Gasteiger partial charge on any atom is -0.476 e. The maximum atomic E-state index is 12.5. The van der Waals surface area contributed by atoms with E-state index in [4.69, 9.17) is 9.52 Å². The molecule has 6 nitrogen and oxygen atoms in total. The van der Waals surface area contributed by atoms with Crippen molar-refractivity contribution in [3.63, 3.8) is 0 Å². The van der Waals surface area contributed by atoms with Gasteiger partial charge in [-0.2, -0.15) is 13.2 Å². The van der Waals surface area contributed by atoms with Gasteiger partial charge in [0.1, 0.15) is 12.8 Å². The third kappa shape index (κ3) is 2.87. The average molecular weight is 288 g/mol. The summed E-state index contributed by atoms with van der Waals surface area (Å²) in [7, 11) is 0. The molecule has 0 aromatic carbocycles. The van der Waals surface area contributed by atoms with E-state index in [0.29, 0.717) is 12.3 Å². The molecule has 0 aliphatic rings. The van der Waals surface area contributed by atoms with Gasteiger partial charge in [-0.25, -0.2) is 9.78 Å². The Labute approximate surface area is 109 Å². The molecule has 2 aromatic heterocycles. The number of alkyl halides is 3. The van der Waals surface area contributed by atoms with Gasteiger partial charge in [-0.3, -0.25) is 4.79 Å². The number of aromatic nitrogens is 2. The molecule has 0 saturated heterocycles. The van der Waals surface area contributed by atoms with Crippen LogP contribution in [0.4, 0.5) is 13.2 Å². The quantitative estimate of drug-likeness (QED) is 0.927. The van der Waals surface area contributed by atoms with Gasteiger partial charge in [-0.15, -0.1) is 0 Å². The van der Waals surface area contributed by atoms with E-state index in [9.17, 15) is 22.8 Å². The number of carboxylic acid groups (broad SMARTS) is 1. The van der Waals surface area contributed by atoms with Crippen LogP contribution >= 0.6 is 0 Å². The number of carboxylic acids is 1. The van der Waals surface area contributed by atoms with Crippen molar-refractivity contribution in [2.24, 2.45) is 0 Å². The lowest BCUT2D eigenvalue weighted by Gasteiger charge is -2.09. The molecule has 2 aromatic rings. The summed E-state index contributed by atoms with van der Waals surface area (Å²) in [6, 6.07) is 1.43. The fraction of sp³-hybridized carbons (Fsp3) is 0.182. The van der Waals surface area contributed by atoms with Gasteiger partial charge in [-0.05, 0) is 6.07 Å². The highest BCUT2D eigenvalue weighted by molar-refractivity contribution is 5.84. The summed E-state index contributed by atoms with van der Waals surface area (Å²) in [6.45, 7) is -0.393. The van der Waals surface area contributed by atoms with Crippen molar-refractivity contribution in [1.82, 2.24) is 9.55 Å². The zero-order chi connectivity index (χ0) is 14.9. The van der Waals surface area contributed by atoms with Crippen LogP contribution in [0.25, 0.3) is 0 Å². The molecule has 0 aliphatic carbocycles. The topological polar surface area (TPSA) is 85.3 Å². The molecule has 106 valence electrons. The number of aromatic carboxylic acids is 1. The molecule has 0 bridgehead atoms. The van der Waals surface area contributed by atoms with E-state index in [1.807, 2.05) is 0 Å². The van der Waals surface area contributed by atoms with E-state index in [1.54, 1.807) is 0 Å². The number of halogens is 3. The molecular weight excluding hydrogens is 281 g/mol. The molecule has 1 N–H and O–H groups in total. The smallest absolute Gasteiger partial charge is 0.417 e. The minimum absolute atomic E-state index is 0.177. The molecule has 0 fully saturated rings. The first-order valence-electron chi connectivity index (χ1n) is 5.23. The SMILES string of the molecule is O=C(O)c1coc(Cn2cc(C(F)(F)F)ccc2=O)n1. The first-order valence-corrected chi connectivity index (χ1v) is 5.23. The van der Waals surface area contributed by atoms with E-state index >= 15 is 0 Å². The van der Waals surface area contributed by atoms with Crippen molar-refractivity contribution < 1.29 is 27.5 Å². The van der Waals surface area contributed by atoms with Crippen LogP contribution in [-0.2, 0) is 12.7 Å². The van der Waals surface area contributed by atoms with E-state index < -0.39 is 29.8 Å². The number of hydrogen-bond acceptors (Lipinski definition) is 4. The van der Waals surface area contributed by atoms with Gasteiger partial charge in [0, 0.05) is 12.3 Å². The van der Waals surface area contributed by atoms with Crippen LogP contribution in [0.2, 0.25) is 0 Å². The Morgan fingerprint density at radius 3 is 2.65 bits per heavy atom. The molecule has 2 rings (SSSR count). The lowest BCUT2D eigenvalue weighted by Crippen LogP contribution is -2.22. The van der Waals surface area contributed by atoms with Gasteiger partial charge in [0.25, 0.3) is 5.56 Å². The Kier molecular flexibility index (Phi) is 3.35. The molecule has 0 unspecified atom stereocenters. The molecular formula is C11H7F3N2O4. The van der Waals surface area contributed by atoms with E-state index in [-0.39, 0.29) is 11.6 Å². The van der Waals surface area contributed by atoms with E-state index in [1.165, 1.54) is 0 Å². The van der Waals surface area contributed by atoms with Gasteiger partial charge in [0.2, 0.25) is 5.89 Å². The largest absolute Gasteiger partial charge is 0.476 e. The third-order valence-corrected chi connectivity index (χ3v) is 2.39. The highest BCUT2D eigenvalue weighted by Crippen LogP contribution is 2.28. The number of pyridine rings is 1. The van der Waals surface area contributed by atoms with E-state index in [0.717, 1.165) is 16.9 Å². The van der Waals surface area contributed by atoms with Crippen molar-refractivity contribution in [2.75, 3.05) is 0 Å². The molecule has 0 saturated carbocycles. The van der Waals surface area contributed by atoms with Crippen molar-refractivity contribution >= 4 is 5.97 Å². The summed E-state index contributed by atoms with van der Waals surface area (Å²) in [6.07, 6.45) is -3.12. The van der Waals surface area contributed by atoms with Crippen LogP contribution < -0.4 is 5.56 Å². The van der Waals surface area contributed by atoms with Crippen molar-refractivity contribution in [2.45, 2.75) is 12.7 Å². The molecule has 0 spiro atoms. The minimum atomic E-state index is -4.59. The Balaban J connectivity index is 2.32. The highest BCUT2D eigenvalue weighted by atomic mass is 19.4. The van der Waals surface area contributed by atoms with Crippen LogP contribution in [-0.4, -0.2) is 20.6 Å². The second-order valence-electron chi connectivity index (χ2n) is 3.81. The van der Waals surface area contributed by atoms with Crippen molar-refractivity contribution in [1.29, 1.82) is 0 Å². The Hall–Kier alpha value is -2.58. The van der Waals surface area contributed by atoms with Crippen LogP contribution in [0.5, 0.6) is 0 Å².